The Balaban J connectivity index is 1.56. The molecule has 3 aromatic rings. The molecule has 11 amide bonds. The van der Waals surface area contributed by atoms with Gasteiger partial charge in [-0.2, -0.15) is 0 Å². The standard InChI is InChI=1S/C51H79N17O12/c1-32(65-51(80)40(54-3)27-53-2)48(77)67-38(9-5-7-21-58-46(75)29-62-44(73)17-15-42(71)60-23-19-35-26-56-31-64-35)49(78)68-39(24-33-10-12-36(69)13-11-33)50(79)66-37(47(52)76)8-4-6-20-57-45(74)28-61-43(72)16-14-41(70)59-22-18-34-25-55-30-63-34/h10-13,25-26,30-32,37-40,53-54,69H,4-9,14-24,27-29H2,1-3H3,(H2,52,76)(H,55,63)(H,56,64)(H,57,74)(H,58,75)(H,59,70)(H,60,71)(H,61,72)(H,62,73)(H,65,80)(H,66,79)(H,67,77)(H,68,78). The minimum Gasteiger partial charge on any atom is -0.508 e. The molecule has 0 saturated heterocycles. The zero-order valence-electron chi connectivity index (χ0n) is 45.6. The number of phenols is 1. The number of carbonyl (C=O) groups excluding carboxylic acids is 11. The van der Waals surface area contributed by atoms with Crippen molar-refractivity contribution in [3.8, 4) is 5.75 Å². The van der Waals surface area contributed by atoms with Crippen LogP contribution in [-0.2, 0) is 72.0 Å². The van der Waals surface area contributed by atoms with Crippen LogP contribution in [0.15, 0.2) is 49.3 Å². The summed E-state index contributed by atoms with van der Waals surface area (Å²) in [5.74, 6) is -6.40. The predicted molar refractivity (Wildman–Crippen MR) is 290 cm³/mol. The number of benzene rings is 1. The highest BCUT2D eigenvalue weighted by atomic mass is 16.3. The Labute approximate surface area is 463 Å². The van der Waals surface area contributed by atoms with Gasteiger partial charge >= 0.3 is 0 Å². The van der Waals surface area contributed by atoms with Crippen LogP contribution < -0.4 is 69.5 Å². The SMILES string of the molecule is CNCC(NC)C(=O)NC(C)C(=O)NC(CCCCNC(=O)CNC(=O)CCC(=O)NCCc1cnc[nH]1)C(=O)NC(Cc1ccc(O)cc1)C(=O)NC(CCCCNC(=O)CNC(=O)CCC(=O)NCCc1cnc[nH]1)C(N)=O. The van der Waals surface area contributed by atoms with Crippen molar-refractivity contribution in [1.82, 2.24) is 83.7 Å². The maximum atomic E-state index is 14.2. The minimum absolute atomic E-state index is 0.0128. The molecule has 17 N–H and O–H groups in total. The van der Waals surface area contributed by atoms with Crippen molar-refractivity contribution in [1.29, 1.82) is 0 Å². The first-order valence-electron chi connectivity index (χ1n) is 26.5. The Morgan fingerprint density at radius 2 is 0.963 bits per heavy atom. The molecule has 0 bridgehead atoms. The van der Waals surface area contributed by atoms with E-state index in [4.69, 9.17) is 5.73 Å². The number of phenolic OH excluding ortho intramolecular Hbond substituents is 1. The number of nitrogens with one attached hydrogen (secondary N) is 14. The lowest BCUT2D eigenvalue weighted by molar-refractivity contribution is -0.134. The summed E-state index contributed by atoms with van der Waals surface area (Å²) in [6.45, 7) is 1.98. The van der Waals surface area contributed by atoms with Gasteiger partial charge in [-0.3, -0.25) is 52.7 Å². The van der Waals surface area contributed by atoms with Crippen LogP contribution in [0.2, 0.25) is 0 Å². The fourth-order valence-electron chi connectivity index (χ4n) is 7.59. The number of likely N-dealkylation sites (N-methyl/N-ethyl adjacent to an activating group) is 2. The first-order chi connectivity index (χ1) is 38.4. The van der Waals surface area contributed by atoms with Crippen molar-refractivity contribution in [3.63, 3.8) is 0 Å². The largest absolute Gasteiger partial charge is 0.508 e. The van der Waals surface area contributed by atoms with Gasteiger partial charge in [0.15, 0.2) is 0 Å². The maximum Gasteiger partial charge on any atom is 0.243 e. The maximum absolute atomic E-state index is 14.2. The number of primary amides is 1. The molecule has 5 atom stereocenters. The van der Waals surface area contributed by atoms with Gasteiger partial charge in [0.1, 0.15) is 29.9 Å². The lowest BCUT2D eigenvalue weighted by Gasteiger charge is -2.26. The number of hydrogen-bond donors (Lipinski definition) is 16. The Bertz CT molecular complexity index is 2440. The second-order valence-electron chi connectivity index (χ2n) is 18.7. The summed E-state index contributed by atoms with van der Waals surface area (Å²) in [6.07, 6.45) is 8.11. The van der Waals surface area contributed by atoms with Crippen molar-refractivity contribution in [3.05, 3.63) is 66.3 Å². The van der Waals surface area contributed by atoms with Crippen LogP contribution in [0.4, 0.5) is 0 Å². The summed E-state index contributed by atoms with van der Waals surface area (Å²) in [4.78, 5) is 155. The predicted octanol–water partition coefficient (Wildman–Crippen LogP) is -4.28. The van der Waals surface area contributed by atoms with Gasteiger partial charge in [0.2, 0.25) is 65.0 Å². The smallest absolute Gasteiger partial charge is 0.243 e. The molecule has 0 spiro atoms. The first kappa shape index (κ1) is 65.8. The monoisotopic (exact) mass is 1120 g/mol. The van der Waals surface area contributed by atoms with Gasteiger partial charge < -0.3 is 84.6 Å². The molecule has 29 heteroatoms. The van der Waals surface area contributed by atoms with E-state index in [1.165, 1.54) is 43.8 Å². The summed E-state index contributed by atoms with van der Waals surface area (Å²) in [5.41, 5.74) is 7.91. The Morgan fingerprint density at radius 1 is 0.525 bits per heavy atom. The second-order valence-corrected chi connectivity index (χ2v) is 18.7. The molecule has 1 aromatic carbocycles. The first-order valence-corrected chi connectivity index (χ1v) is 26.5. The molecule has 0 fully saturated rings. The molecule has 0 aliphatic rings. The van der Waals surface area contributed by atoms with Crippen molar-refractivity contribution in [2.45, 2.75) is 121 Å². The van der Waals surface area contributed by atoms with Crippen LogP contribution in [0.5, 0.6) is 5.75 Å². The van der Waals surface area contributed by atoms with Crippen LogP contribution >= 0.6 is 0 Å². The van der Waals surface area contributed by atoms with E-state index in [9.17, 15) is 57.8 Å². The number of H-pyrrole nitrogens is 2. The normalized spacial score (nSPS) is 12.7. The van der Waals surface area contributed by atoms with Gasteiger partial charge in [0, 0.05) is 101 Å². The highest BCUT2D eigenvalue weighted by molar-refractivity contribution is 5.96. The van der Waals surface area contributed by atoms with Crippen molar-refractivity contribution in [2.75, 3.05) is 59.9 Å². The van der Waals surface area contributed by atoms with Gasteiger partial charge in [0.25, 0.3) is 0 Å². The van der Waals surface area contributed by atoms with Gasteiger partial charge in [-0.15, -0.1) is 0 Å². The fraction of sp³-hybridized carbons (Fsp3) is 0.549. The number of nitrogens with zero attached hydrogens (tertiary/aromatic N) is 2. The van der Waals surface area contributed by atoms with Crippen LogP contribution in [-0.4, -0.2) is 180 Å². The Hall–Kier alpha value is -8.47. The molecule has 0 saturated carbocycles. The summed E-state index contributed by atoms with van der Waals surface area (Å²) in [6, 6.07) is 0.131. The van der Waals surface area contributed by atoms with E-state index in [0.29, 0.717) is 50.8 Å². The lowest BCUT2D eigenvalue weighted by atomic mass is 10.0. The van der Waals surface area contributed by atoms with Crippen molar-refractivity contribution in [2.24, 2.45) is 5.73 Å². The lowest BCUT2D eigenvalue weighted by Crippen LogP contribution is -2.59. The molecule has 440 valence electrons. The topological polar surface area (TPSA) is 436 Å². The van der Waals surface area contributed by atoms with Crippen LogP contribution in [0.25, 0.3) is 0 Å². The number of aromatic hydroxyl groups is 1. The summed E-state index contributed by atoms with van der Waals surface area (Å²) in [5, 5.41) is 41.9. The summed E-state index contributed by atoms with van der Waals surface area (Å²) < 4.78 is 0. The van der Waals surface area contributed by atoms with E-state index < -0.39 is 83.4 Å². The van der Waals surface area contributed by atoms with Gasteiger partial charge in [0.05, 0.1) is 31.8 Å². The third-order valence-electron chi connectivity index (χ3n) is 12.2. The van der Waals surface area contributed by atoms with Gasteiger partial charge in [-0.1, -0.05) is 12.1 Å². The van der Waals surface area contributed by atoms with E-state index in [2.05, 4.69) is 83.7 Å². The number of unbranched alkanes of at least 4 members (excludes halogenated alkanes) is 2. The highest BCUT2D eigenvalue weighted by Crippen LogP contribution is 2.13. The molecule has 5 unspecified atom stereocenters. The number of imidazole rings is 2. The molecular formula is C51H79N17O12. The number of carbonyl (C=O) groups is 11. The number of rotatable bonds is 40. The molecule has 3 rings (SSSR count). The molecule has 2 heterocycles. The third kappa shape index (κ3) is 27.7. The third-order valence-corrected chi connectivity index (χ3v) is 12.2. The van der Waals surface area contributed by atoms with E-state index in [-0.39, 0.29) is 102 Å². The fourth-order valence-corrected chi connectivity index (χ4v) is 7.59. The molecule has 0 radical (unpaired) electrons. The molecule has 80 heavy (non-hydrogen) atoms. The van der Waals surface area contributed by atoms with Gasteiger partial charge in [-0.25, -0.2) is 9.97 Å². The van der Waals surface area contributed by atoms with E-state index in [1.807, 2.05) is 0 Å². The summed E-state index contributed by atoms with van der Waals surface area (Å²) >= 11 is 0. The molecule has 29 nitrogen and oxygen atoms in total. The van der Waals surface area contributed by atoms with Crippen molar-refractivity contribution >= 4 is 65.0 Å². The number of aromatic amines is 2. The minimum atomic E-state index is -1.36. The summed E-state index contributed by atoms with van der Waals surface area (Å²) in [7, 11) is 3.23. The Kier molecular flexibility index (Phi) is 30.7. The van der Waals surface area contributed by atoms with Crippen molar-refractivity contribution < 1.29 is 57.8 Å². The number of hydrogen-bond acceptors (Lipinski definition) is 16. The highest BCUT2D eigenvalue weighted by Gasteiger charge is 2.31. The molecule has 2 aromatic heterocycles. The van der Waals surface area contributed by atoms with E-state index in [0.717, 1.165) is 11.4 Å². The zero-order chi connectivity index (χ0) is 58.7. The molecular weight excluding hydrogens is 1040 g/mol. The zero-order valence-corrected chi connectivity index (χ0v) is 45.6. The van der Waals surface area contributed by atoms with Crippen LogP contribution in [0, 0.1) is 0 Å². The average molecular weight is 1120 g/mol. The molecule has 0 aliphatic carbocycles. The molecule has 0 aliphatic heterocycles. The quantitative estimate of drug-likeness (QED) is 0.0240. The van der Waals surface area contributed by atoms with E-state index in [1.54, 1.807) is 26.5 Å². The van der Waals surface area contributed by atoms with Crippen LogP contribution in [0.3, 0.4) is 0 Å². The van der Waals surface area contributed by atoms with Crippen LogP contribution in [0.1, 0.15) is 88.1 Å². The van der Waals surface area contributed by atoms with E-state index >= 15 is 0 Å². The number of aromatic nitrogens is 4. The Morgan fingerprint density at radius 3 is 1.43 bits per heavy atom. The second kappa shape index (κ2) is 37.4. The van der Waals surface area contributed by atoms with Gasteiger partial charge in [-0.05, 0) is 77.2 Å². The number of nitrogens with two attached hydrogens (primary N) is 1. The average Bonchev–Trinajstić information content (AvgIpc) is 4.17. The number of amides is 11.